The summed E-state index contributed by atoms with van der Waals surface area (Å²) in [7, 11) is 0. The number of aromatic nitrogens is 2. The standard InChI is InChI=1S/C31H28N2O4.C29H26N2O3.C2H3ClO/c1-4-36-16-15-33-29-13-11-23(20(2)32-37-21(3)34)18-27(29)28-19-26(12-14-30(28)33)31(35)25-10-9-22-7-5-6-8-24(22)17-25;1-3-34-15-14-31-27-12-10-21(19(2)30-33)17-25(27)26-18-24(11-13-28(26)31)29(32)23-9-8-20-6-4-5-7-22(20)16-23;1-2(3)4/h5-14,17-19H,4,15-16H2,1-3H3;4-13,16-18,33H,3,14-15H2,1-2H3;1H3/b32-20+;30-19+;. The highest BCUT2D eigenvalue weighted by molar-refractivity contribution is 6.62. The Balaban J connectivity index is 0.000000187. The number of rotatable bonds is 15. The van der Waals surface area contributed by atoms with Crippen LogP contribution in [-0.2, 0) is 37.0 Å². The van der Waals surface area contributed by atoms with E-state index in [1.807, 2.05) is 172 Å². The first-order valence-corrected chi connectivity index (χ1v) is 25.1. The van der Waals surface area contributed by atoms with Gasteiger partial charge in [0.2, 0.25) is 5.24 Å². The molecule has 2 aromatic heterocycles. The number of carbonyl (C=O) groups excluding carboxylic acids is 4. The van der Waals surface area contributed by atoms with Gasteiger partial charge in [0, 0.05) is 106 Å². The Kier molecular flexibility index (Phi) is 17.1. The second-order valence-electron chi connectivity index (χ2n) is 17.8. The number of hydrogen-bond donors (Lipinski definition) is 1. The molecule has 0 amide bonds. The molecular weight excluding hydrogens is 964 g/mol. The summed E-state index contributed by atoms with van der Waals surface area (Å²) in [6, 6.07) is 51.5. The molecule has 2 heterocycles. The van der Waals surface area contributed by atoms with Gasteiger partial charge in [-0.25, -0.2) is 4.79 Å². The van der Waals surface area contributed by atoms with Crippen LogP contribution in [0.1, 0.15) is 84.5 Å². The molecule has 0 atom stereocenters. The van der Waals surface area contributed by atoms with Crippen molar-refractivity contribution in [3.63, 3.8) is 0 Å². The molecule has 0 unspecified atom stereocenters. The molecule has 0 fully saturated rings. The van der Waals surface area contributed by atoms with Gasteiger partial charge in [0.25, 0.3) is 0 Å². The van der Waals surface area contributed by atoms with Gasteiger partial charge in [-0.15, -0.1) is 0 Å². The number of ketones is 2. The van der Waals surface area contributed by atoms with Gasteiger partial charge in [0.05, 0.1) is 24.6 Å². The molecular formula is C62H57ClN4O8. The molecule has 0 saturated carbocycles. The molecule has 8 aromatic carbocycles. The Hall–Kier alpha value is -8.29. The van der Waals surface area contributed by atoms with E-state index in [1.54, 1.807) is 13.8 Å². The third-order valence-corrected chi connectivity index (χ3v) is 12.9. The molecule has 0 bridgehead atoms. The van der Waals surface area contributed by atoms with Crippen LogP contribution in [0.15, 0.2) is 168 Å². The normalized spacial score (nSPS) is 11.7. The van der Waals surface area contributed by atoms with Crippen molar-refractivity contribution in [2.45, 2.75) is 54.6 Å². The predicted octanol–water partition coefficient (Wildman–Crippen LogP) is 13.7. The van der Waals surface area contributed by atoms with Gasteiger partial charge >= 0.3 is 5.97 Å². The summed E-state index contributed by atoms with van der Waals surface area (Å²) in [5, 5.41) is 24.5. The van der Waals surface area contributed by atoms with Crippen molar-refractivity contribution in [3.8, 4) is 0 Å². The van der Waals surface area contributed by atoms with E-state index in [-0.39, 0.29) is 16.8 Å². The molecule has 10 aromatic rings. The molecule has 0 aliphatic carbocycles. The van der Waals surface area contributed by atoms with Crippen LogP contribution in [0.4, 0.5) is 0 Å². The van der Waals surface area contributed by atoms with Crippen molar-refractivity contribution in [3.05, 3.63) is 191 Å². The van der Waals surface area contributed by atoms with Crippen molar-refractivity contribution in [1.29, 1.82) is 0 Å². The Morgan fingerprint density at radius 1 is 0.467 bits per heavy atom. The van der Waals surface area contributed by atoms with Gasteiger partial charge in [0.15, 0.2) is 11.6 Å². The lowest BCUT2D eigenvalue weighted by Gasteiger charge is -2.08. The van der Waals surface area contributed by atoms with Gasteiger partial charge in [-0.1, -0.05) is 95.2 Å². The van der Waals surface area contributed by atoms with E-state index < -0.39 is 5.97 Å². The Labute approximate surface area is 439 Å². The van der Waals surface area contributed by atoms with E-state index >= 15 is 0 Å². The van der Waals surface area contributed by atoms with E-state index in [1.165, 1.54) is 13.8 Å². The topological polar surface area (TPSA) is 151 Å². The number of nitrogens with zero attached hydrogens (tertiary/aromatic N) is 4. The lowest BCUT2D eigenvalue weighted by molar-refractivity contribution is -0.140. The average molecular weight is 1020 g/mol. The molecule has 10 rings (SSSR count). The number of hydrogen-bond acceptors (Lipinski definition) is 10. The minimum Gasteiger partial charge on any atom is -0.411 e. The molecule has 0 spiro atoms. The van der Waals surface area contributed by atoms with E-state index in [4.69, 9.17) is 14.3 Å². The third-order valence-electron chi connectivity index (χ3n) is 12.9. The minimum absolute atomic E-state index is 0.00729. The lowest BCUT2D eigenvalue weighted by atomic mass is 9.98. The van der Waals surface area contributed by atoms with Gasteiger partial charge in [0.1, 0.15) is 0 Å². The maximum absolute atomic E-state index is 13.5. The van der Waals surface area contributed by atoms with Crippen LogP contribution in [-0.4, -0.2) is 75.0 Å². The predicted molar refractivity (Wildman–Crippen MR) is 301 cm³/mol. The zero-order valence-electron chi connectivity index (χ0n) is 42.7. The lowest BCUT2D eigenvalue weighted by Crippen LogP contribution is -2.06. The third kappa shape index (κ3) is 12.1. The molecule has 0 aliphatic rings. The SMILES string of the molecule is CC(=O)Cl.CCOCCn1c2ccc(C(=O)c3ccc4ccccc4c3)cc2c2cc(/C(C)=N/O)ccc21.CCOCCn1c2ccc(C(=O)c3ccc4ccccc4c3)cc2c2cc(/C(C)=N/OC(C)=O)ccc21. The van der Waals surface area contributed by atoms with Crippen LogP contribution in [0.3, 0.4) is 0 Å². The summed E-state index contributed by atoms with van der Waals surface area (Å²) in [5.41, 5.74) is 9.56. The van der Waals surface area contributed by atoms with Crippen LogP contribution < -0.4 is 0 Å². The first-order valence-electron chi connectivity index (χ1n) is 24.7. The summed E-state index contributed by atoms with van der Waals surface area (Å²) >= 11 is 4.64. The number of carbonyl (C=O) groups is 4. The fourth-order valence-electron chi connectivity index (χ4n) is 9.26. The van der Waals surface area contributed by atoms with Crippen molar-refractivity contribution in [1.82, 2.24) is 9.13 Å². The van der Waals surface area contributed by atoms with Crippen LogP contribution in [0.5, 0.6) is 0 Å². The molecule has 0 saturated heterocycles. The second kappa shape index (κ2) is 24.2. The molecule has 12 nitrogen and oxygen atoms in total. The van der Waals surface area contributed by atoms with Crippen molar-refractivity contribution in [2.24, 2.45) is 10.3 Å². The first kappa shape index (κ1) is 53.0. The summed E-state index contributed by atoms with van der Waals surface area (Å²) in [5.74, 6) is -0.497. The van der Waals surface area contributed by atoms with Gasteiger partial charge < -0.3 is 28.7 Å². The minimum atomic E-state index is -0.468. The number of oxime groups is 2. The largest absolute Gasteiger partial charge is 0.411 e. The number of halogens is 1. The van der Waals surface area contributed by atoms with Crippen LogP contribution >= 0.6 is 11.6 Å². The van der Waals surface area contributed by atoms with Crippen LogP contribution in [0.25, 0.3) is 65.2 Å². The van der Waals surface area contributed by atoms with Crippen molar-refractivity contribution in [2.75, 3.05) is 26.4 Å². The van der Waals surface area contributed by atoms with Crippen molar-refractivity contribution < 1.29 is 38.7 Å². The fourth-order valence-corrected chi connectivity index (χ4v) is 9.26. The van der Waals surface area contributed by atoms with E-state index in [0.717, 1.165) is 76.3 Å². The Morgan fingerprint density at radius 3 is 1.17 bits per heavy atom. The maximum Gasteiger partial charge on any atom is 0.331 e. The molecule has 0 aliphatic heterocycles. The average Bonchev–Trinajstić information content (AvgIpc) is 3.92. The molecule has 1 N–H and O–H groups in total. The van der Waals surface area contributed by atoms with Gasteiger partial charge in [-0.2, -0.15) is 0 Å². The van der Waals surface area contributed by atoms with Crippen LogP contribution in [0, 0.1) is 0 Å². The molecule has 380 valence electrons. The molecule has 75 heavy (non-hydrogen) atoms. The van der Waals surface area contributed by atoms with Crippen molar-refractivity contribution >= 4 is 111 Å². The maximum atomic E-state index is 13.5. The highest BCUT2D eigenvalue weighted by Gasteiger charge is 2.19. The smallest absolute Gasteiger partial charge is 0.331 e. The molecule has 13 heteroatoms. The van der Waals surface area contributed by atoms with E-state index in [0.29, 0.717) is 73.2 Å². The van der Waals surface area contributed by atoms with Gasteiger partial charge in [-0.3, -0.25) is 14.4 Å². The first-order chi connectivity index (χ1) is 36.3. The summed E-state index contributed by atoms with van der Waals surface area (Å²) in [6.07, 6.45) is 0. The summed E-state index contributed by atoms with van der Waals surface area (Å²) in [6.45, 7) is 14.0. The van der Waals surface area contributed by atoms with E-state index in [9.17, 15) is 24.4 Å². The zero-order valence-corrected chi connectivity index (χ0v) is 43.5. The number of fused-ring (bicyclic) bond motifs is 8. The zero-order chi connectivity index (χ0) is 53.2. The quantitative estimate of drug-likeness (QED) is 0.0203. The Bertz CT molecular complexity index is 3850. The van der Waals surface area contributed by atoms with Crippen LogP contribution in [0.2, 0.25) is 0 Å². The summed E-state index contributed by atoms with van der Waals surface area (Å²) in [4.78, 5) is 52.2. The van der Waals surface area contributed by atoms with Gasteiger partial charge in [-0.05, 0) is 145 Å². The highest BCUT2D eigenvalue weighted by atomic mass is 35.5. The fraction of sp³-hybridized carbons (Fsp3) is 0.194. The highest BCUT2D eigenvalue weighted by Crippen LogP contribution is 2.34. The van der Waals surface area contributed by atoms with E-state index in [2.05, 4.69) is 31.0 Å². The monoisotopic (exact) mass is 1020 g/mol. The molecule has 0 radical (unpaired) electrons. The number of benzene rings is 8. The summed E-state index contributed by atoms with van der Waals surface area (Å²) < 4.78 is 15.7. The Morgan fingerprint density at radius 2 is 0.800 bits per heavy atom. The number of ether oxygens (including phenoxy) is 2. The second-order valence-corrected chi connectivity index (χ2v) is 18.4.